The van der Waals surface area contributed by atoms with Crippen LogP contribution in [0.4, 0.5) is 0 Å². The fraction of sp³-hybridized carbons (Fsp3) is 0.350. The van der Waals surface area contributed by atoms with Crippen molar-refractivity contribution in [1.29, 1.82) is 0 Å². The highest BCUT2D eigenvalue weighted by Gasteiger charge is 2.12. The fourth-order valence-electron chi connectivity index (χ4n) is 2.39. The molecule has 0 spiro atoms. The second-order valence-electron chi connectivity index (χ2n) is 6.12. The van der Waals surface area contributed by atoms with Crippen LogP contribution in [0, 0.1) is 20.8 Å². The molecule has 2 aromatic rings. The number of hydrogen-bond donors (Lipinski definition) is 1. The van der Waals surface area contributed by atoms with E-state index < -0.39 is 0 Å². The van der Waals surface area contributed by atoms with Gasteiger partial charge in [-0.2, -0.15) is 0 Å². The lowest BCUT2D eigenvalue weighted by Crippen LogP contribution is -2.36. The van der Waals surface area contributed by atoms with Gasteiger partial charge in [0.05, 0.1) is 13.2 Å². The van der Waals surface area contributed by atoms with Crippen LogP contribution < -0.4 is 14.8 Å². The van der Waals surface area contributed by atoms with Crippen LogP contribution in [-0.4, -0.2) is 25.7 Å². The van der Waals surface area contributed by atoms with Crippen LogP contribution >= 0.6 is 0 Å². The van der Waals surface area contributed by atoms with Gasteiger partial charge in [-0.1, -0.05) is 6.07 Å². The molecule has 0 bridgehead atoms. The SMILES string of the molecule is COc1ccc(C(=O)N[C@@H](C)COc2ccc(C)c(C)c2)cc1C. The Morgan fingerprint density at radius 3 is 2.42 bits per heavy atom. The van der Waals surface area contributed by atoms with Crippen LogP contribution in [-0.2, 0) is 0 Å². The number of nitrogens with one attached hydrogen (secondary N) is 1. The van der Waals surface area contributed by atoms with E-state index in [1.165, 1.54) is 11.1 Å². The Hall–Kier alpha value is -2.49. The molecule has 0 aromatic heterocycles. The van der Waals surface area contributed by atoms with Gasteiger partial charge in [-0.05, 0) is 74.7 Å². The van der Waals surface area contributed by atoms with E-state index in [2.05, 4.69) is 19.2 Å². The smallest absolute Gasteiger partial charge is 0.251 e. The predicted molar refractivity (Wildman–Crippen MR) is 96.1 cm³/mol. The third kappa shape index (κ3) is 4.51. The summed E-state index contributed by atoms with van der Waals surface area (Å²) in [6.45, 7) is 8.39. The van der Waals surface area contributed by atoms with Crippen molar-refractivity contribution in [3.63, 3.8) is 0 Å². The molecule has 0 radical (unpaired) electrons. The molecular weight excluding hydrogens is 302 g/mol. The van der Waals surface area contributed by atoms with E-state index in [4.69, 9.17) is 9.47 Å². The largest absolute Gasteiger partial charge is 0.496 e. The number of hydrogen-bond acceptors (Lipinski definition) is 3. The van der Waals surface area contributed by atoms with E-state index in [1.807, 2.05) is 38.1 Å². The first-order valence-corrected chi connectivity index (χ1v) is 8.06. The summed E-state index contributed by atoms with van der Waals surface area (Å²) < 4.78 is 11.0. The van der Waals surface area contributed by atoms with E-state index in [9.17, 15) is 4.79 Å². The lowest BCUT2D eigenvalue weighted by atomic mass is 10.1. The molecule has 0 saturated heterocycles. The van der Waals surface area contributed by atoms with Crippen LogP contribution in [0.3, 0.4) is 0 Å². The van der Waals surface area contributed by atoms with Gasteiger partial charge in [0, 0.05) is 5.56 Å². The number of methoxy groups -OCH3 is 1. The summed E-state index contributed by atoms with van der Waals surface area (Å²) in [5.41, 5.74) is 3.98. The molecule has 4 nitrogen and oxygen atoms in total. The molecule has 2 aromatic carbocycles. The number of benzene rings is 2. The highest BCUT2D eigenvalue weighted by atomic mass is 16.5. The Labute approximate surface area is 143 Å². The minimum Gasteiger partial charge on any atom is -0.496 e. The van der Waals surface area contributed by atoms with Crippen molar-refractivity contribution in [2.75, 3.05) is 13.7 Å². The Morgan fingerprint density at radius 1 is 1.04 bits per heavy atom. The number of carbonyl (C=O) groups is 1. The van der Waals surface area contributed by atoms with Crippen LogP contribution in [0.25, 0.3) is 0 Å². The molecule has 4 heteroatoms. The average Bonchev–Trinajstić information content (AvgIpc) is 2.55. The van der Waals surface area contributed by atoms with Crippen molar-refractivity contribution in [3.8, 4) is 11.5 Å². The standard InChI is InChI=1S/C20H25NO3/c1-13-6-8-18(11-14(13)2)24-12-16(4)21-20(22)17-7-9-19(23-5)15(3)10-17/h6-11,16H,12H2,1-5H3,(H,21,22)/t16-/m0/s1. The highest BCUT2D eigenvalue weighted by Crippen LogP contribution is 2.19. The topological polar surface area (TPSA) is 47.6 Å². The fourth-order valence-corrected chi connectivity index (χ4v) is 2.39. The normalized spacial score (nSPS) is 11.7. The maximum Gasteiger partial charge on any atom is 0.251 e. The van der Waals surface area contributed by atoms with Crippen LogP contribution in [0.15, 0.2) is 36.4 Å². The molecule has 0 unspecified atom stereocenters. The van der Waals surface area contributed by atoms with Crippen LogP contribution in [0.2, 0.25) is 0 Å². The lowest BCUT2D eigenvalue weighted by molar-refractivity contribution is 0.0926. The molecule has 1 N–H and O–H groups in total. The van der Waals surface area contributed by atoms with E-state index in [0.29, 0.717) is 12.2 Å². The molecule has 2 rings (SSSR count). The second kappa shape index (κ2) is 7.86. The van der Waals surface area contributed by atoms with E-state index >= 15 is 0 Å². The predicted octanol–water partition coefficient (Wildman–Crippen LogP) is 3.82. The highest BCUT2D eigenvalue weighted by molar-refractivity contribution is 5.94. The monoisotopic (exact) mass is 327 g/mol. The molecule has 0 aliphatic rings. The van der Waals surface area contributed by atoms with Gasteiger partial charge in [0.25, 0.3) is 5.91 Å². The second-order valence-corrected chi connectivity index (χ2v) is 6.12. The minimum atomic E-state index is -0.114. The molecular formula is C20H25NO3. The third-order valence-corrected chi connectivity index (χ3v) is 4.01. The zero-order valence-electron chi connectivity index (χ0n) is 15.0. The molecule has 1 atom stereocenters. The summed E-state index contributed by atoms with van der Waals surface area (Å²) >= 11 is 0. The summed E-state index contributed by atoms with van der Waals surface area (Å²) in [6, 6.07) is 11.3. The van der Waals surface area contributed by atoms with Gasteiger partial charge in [-0.3, -0.25) is 4.79 Å². The molecule has 0 aliphatic carbocycles. The Kier molecular flexibility index (Phi) is 5.85. The van der Waals surface area contributed by atoms with Gasteiger partial charge in [-0.25, -0.2) is 0 Å². The maximum absolute atomic E-state index is 12.3. The molecule has 0 fully saturated rings. The van der Waals surface area contributed by atoms with Gasteiger partial charge in [-0.15, -0.1) is 0 Å². The molecule has 0 aliphatic heterocycles. The van der Waals surface area contributed by atoms with Crippen molar-refractivity contribution < 1.29 is 14.3 Å². The number of aryl methyl sites for hydroxylation is 3. The van der Waals surface area contributed by atoms with E-state index in [-0.39, 0.29) is 11.9 Å². The average molecular weight is 327 g/mol. The van der Waals surface area contributed by atoms with Gasteiger partial charge in [0.2, 0.25) is 0 Å². The van der Waals surface area contributed by atoms with Crippen molar-refractivity contribution in [2.24, 2.45) is 0 Å². The van der Waals surface area contributed by atoms with Gasteiger partial charge in [0.15, 0.2) is 0 Å². The summed E-state index contributed by atoms with van der Waals surface area (Å²) in [6.07, 6.45) is 0. The lowest BCUT2D eigenvalue weighted by Gasteiger charge is -2.16. The Morgan fingerprint density at radius 2 is 1.79 bits per heavy atom. The van der Waals surface area contributed by atoms with Crippen molar-refractivity contribution in [2.45, 2.75) is 33.7 Å². The Bertz CT molecular complexity index is 725. The molecule has 128 valence electrons. The summed E-state index contributed by atoms with van der Waals surface area (Å²) in [4.78, 5) is 12.3. The van der Waals surface area contributed by atoms with E-state index in [1.54, 1.807) is 19.2 Å². The molecule has 0 saturated carbocycles. The first kappa shape index (κ1) is 17.9. The first-order valence-electron chi connectivity index (χ1n) is 8.06. The van der Waals surface area contributed by atoms with Crippen LogP contribution in [0.5, 0.6) is 11.5 Å². The van der Waals surface area contributed by atoms with Gasteiger partial charge in [0.1, 0.15) is 18.1 Å². The number of carbonyl (C=O) groups excluding carboxylic acids is 1. The van der Waals surface area contributed by atoms with Crippen molar-refractivity contribution >= 4 is 5.91 Å². The minimum absolute atomic E-state index is 0.0958. The van der Waals surface area contributed by atoms with Crippen molar-refractivity contribution in [1.82, 2.24) is 5.32 Å². The molecule has 24 heavy (non-hydrogen) atoms. The van der Waals surface area contributed by atoms with E-state index in [0.717, 1.165) is 17.1 Å². The quantitative estimate of drug-likeness (QED) is 0.877. The zero-order valence-corrected chi connectivity index (χ0v) is 15.0. The Balaban J connectivity index is 1.91. The summed E-state index contributed by atoms with van der Waals surface area (Å²) in [5, 5.41) is 2.95. The first-order chi connectivity index (χ1) is 11.4. The summed E-state index contributed by atoms with van der Waals surface area (Å²) in [7, 11) is 1.62. The summed E-state index contributed by atoms with van der Waals surface area (Å²) in [5.74, 6) is 1.48. The third-order valence-electron chi connectivity index (χ3n) is 4.01. The van der Waals surface area contributed by atoms with Gasteiger partial charge >= 0.3 is 0 Å². The number of amides is 1. The maximum atomic E-state index is 12.3. The zero-order chi connectivity index (χ0) is 17.7. The number of rotatable bonds is 6. The van der Waals surface area contributed by atoms with Crippen LogP contribution in [0.1, 0.15) is 34.0 Å². The molecule has 0 heterocycles. The van der Waals surface area contributed by atoms with Gasteiger partial charge < -0.3 is 14.8 Å². The molecule has 1 amide bonds. The number of ether oxygens (including phenoxy) is 2. The van der Waals surface area contributed by atoms with Crippen molar-refractivity contribution in [3.05, 3.63) is 58.7 Å².